The highest BCUT2D eigenvalue weighted by molar-refractivity contribution is 7.99. The molecular formula is C16H20N6OS. The molecule has 0 radical (unpaired) electrons. The van der Waals surface area contributed by atoms with E-state index < -0.39 is 11.9 Å². The standard InChI is InChI=1S/C16H20N6OS/c1-3-4-8-24-16-20-15-19-10(2)12(14(17)23)13(22(15)21-16)11-6-5-7-18-9-11/h5-7,9,13H,3-4,8H2,1-2H3,(H2,17,23)(H,19,20,21)/t13-/m1/s1. The second-order valence-electron chi connectivity index (χ2n) is 5.58. The maximum Gasteiger partial charge on any atom is 0.248 e. The van der Waals surface area contributed by atoms with Gasteiger partial charge >= 0.3 is 0 Å². The molecule has 1 aliphatic rings. The Bertz CT molecular complexity index is 770. The second-order valence-corrected chi connectivity index (χ2v) is 6.64. The summed E-state index contributed by atoms with van der Waals surface area (Å²) in [4.78, 5) is 20.7. The number of allylic oxidation sites excluding steroid dienone is 1. The molecule has 0 aromatic carbocycles. The van der Waals surface area contributed by atoms with Crippen LogP contribution in [0.2, 0.25) is 0 Å². The lowest BCUT2D eigenvalue weighted by Gasteiger charge is -2.27. The smallest absolute Gasteiger partial charge is 0.248 e. The molecule has 0 unspecified atom stereocenters. The first kappa shape index (κ1) is 16.5. The molecule has 0 aliphatic carbocycles. The number of amides is 1. The van der Waals surface area contributed by atoms with Gasteiger partial charge in [0, 0.05) is 23.8 Å². The third kappa shape index (κ3) is 3.14. The summed E-state index contributed by atoms with van der Waals surface area (Å²) in [6.07, 6.45) is 5.66. The third-order valence-electron chi connectivity index (χ3n) is 3.83. The Kier molecular flexibility index (Phi) is 4.84. The highest BCUT2D eigenvalue weighted by Crippen LogP contribution is 2.35. The maximum absolute atomic E-state index is 12.0. The van der Waals surface area contributed by atoms with Crippen molar-refractivity contribution in [1.29, 1.82) is 0 Å². The summed E-state index contributed by atoms with van der Waals surface area (Å²) < 4.78 is 1.72. The van der Waals surface area contributed by atoms with E-state index in [-0.39, 0.29) is 0 Å². The monoisotopic (exact) mass is 344 g/mol. The van der Waals surface area contributed by atoms with Crippen LogP contribution >= 0.6 is 11.8 Å². The van der Waals surface area contributed by atoms with Crippen LogP contribution in [-0.4, -0.2) is 31.4 Å². The lowest BCUT2D eigenvalue weighted by Crippen LogP contribution is -2.31. The van der Waals surface area contributed by atoms with Gasteiger partial charge in [-0.05, 0) is 25.0 Å². The van der Waals surface area contributed by atoms with Crippen molar-refractivity contribution in [3.05, 3.63) is 41.4 Å². The molecular weight excluding hydrogens is 324 g/mol. The molecule has 7 nitrogen and oxygen atoms in total. The molecule has 1 amide bonds. The largest absolute Gasteiger partial charge is 0.366 e. The predicted octanol–water partition coefficient (Wildman–Crippen LogP) is 2.34. The first-order chi connectivity index (χ1) is 11.6. The maximum atomic E-state index is 12.0. The lowest BCUT2D eigenvalue weighted by molar-refractivity contribution is -0.115. The highest BCUT2D eigenvalue weighted by atomic mass is 32.2. The average Bonchev–Trinajstić information content (AvgIpc) is 2.96. The van der Waals surface area contributed by atoms with Gasteiger partial charge in [0.2, 0.25) is 17.0 Å². The van der Waals surface area contributed by atoms with Crippen molar-refractivity contribution in [2.24, 2.45) is 5.73 Å². The minimum absolute atomic E-state index is 0.416. The van der Waals surface area contributed by atoms with Gasteiger partial charge in [-0.2, -0.15) is 4.98 Å². The Morgan fingerprint density at radius 3 is 3.00 bits per heavy atom. The Labute approximate surface area is 144 Å². The van der Waals surface area contributed by atoms with Crippen LogP contribution in [0.5, 0.6) is 0 Å². The van der Waals surface area contributed by atoms with E-state index in [1.807, 2.05) is 19.1 Å². The number of thioether (sulfide) groups is 1. The minimum Gasteiger partial charge on any atom is -0.366 e. The minimum atomic E-state index is -0.477. The van der Waals surface area contributed by atoms with E-state index in [9.17, 15) is 4.79 Å². The van der Waals surface area contributed by atoms with Crippen molar-refractivity contribution in [1.82, 2.24) is 19.7 Å². The Morgan fingerprint density at radius 1 is 1.50 bits per heavy atom. The molecule has 8 heteroatoms. The van der Waals surface area contributed by atoms with Crippen LogP contribution in [0.1, 0.15) is 38.3 Å². The normalized spacial score (nSPS) is 16.7. The number of primary amides is 1. The number of rotatable bonds is 6. The van der Waals surface area contributed by atoms with Crippen molar-refractivity contribution in [3.63, 3.8) is 0 Å². The molecule has 3 rings (SSSR count). The van der Waals surface area contributed by atoms with Crippen molar-refractivity contribution in [2.75, 3.05) is 11.1 Å². The fourth-order valence-corrected chi connectivity index (χ4v) is 3.58. The molecule has 0 saturated heterocycles. The number of carbonyl (C=O) groups excluding carboxylic acids is 1. The van der Waals surface area contributed by atoms with E-state index in [4.69, 9.17) is 5.73 Å². The number of nitrogens with two attached hydrogens (primary N) is 1. The van der Waals surface area contributed by atoms with Gasteiger partial charge in [0.1, 0.15) is 6.04 Å². The van der Waals surface area contributed by atoms with Crippen molar-refractivity contribution < 1.29 is 4.79 Å². The van der Waals surface area contributed by atoms with Gasteiger partial charge in [-0.25, -0.2) is 4.68 Å². The van der Waals surface area contributed by atoms with Gasteiger partial charge in [0.05, 0.1) is 5.57 Å². The van der Waals surface area contributed by atoms with Gasteiger partial charge in [-0.3, -0.25) is 9.78 Å². The summed E-state index contributed by atoms with van der Waals surface area (Å²) in [5.74, 6) is 1.10. The van der Waals surface area contributed by atoms with Crippen LogP contribution < -0.4 is 11.1 Å². The van der Waals surface area contributed by atoms with Crippen LogP contribution in [0.25, 0.3) is 0 Å². The van der Waals surface area contributed by atoms with Crippen LogP contribution in [0.4, 0.5) is 5.95 Å². The fourth-order valence-electron chi connectivity index (χ4n) is 2.67. The number of aromatic nitrogens is 4. The van der Waals surface area contributed by atoms with Gasteiger partial charge in [0.25, 0.3) is 0 Å². The summed E-state index contributed by atoms with van der Waals surface area (Å²) in [6, 6.07) is 3.33. The van der Waals surface area contributed by atoms with E-state index in [0.717, 1.165) is 24.2 Å². The molecule has 2 aromatic rings. The first-order valence-corrected chi connectivity index (χ1v) is 8.87. The van der Waals surface area contributed by atoms with Crippen LogP contribution in [-0.2, 0) is 4.79 Å². The van der Waals surface area contributed by atoms with Gasteiger partial charge in [-0.1, -0.05) is 31.2 Å². The molecule has 126 valence electrons. The molecule has 3 N–H and O–H groups in total. The van der Waals surface area contributed by atoms with Crippen molar-refractivity contribution in [2.45, 2.75) is 37.9 Å². The number of fused-ring (bicyclic) bond motifs is 1. The predicted molar refractivity (Wildman–Crippen MR) is 93.5 cm³/mol. The number of nitrogens with one attached hydrogen (secondary N) is 1. The molecule has 0 saturated carbocycles. The van der Waals surface area contributed by atoms with Gasteiger partial charge in [0.15, 0.2) is 0 Å². The molecule has 1 atom stereocenters. The lowest BCUT2D eigenvalue weighted by atomic mass is 9.97. The summed E-state index contributed by atoms with van der Waals surface area (Å²) in [7, 11) is 0. The summed E-state index contributed by atoms with van der Waals surface area (Å²) in [5.41, 5.74) is 7.65. The summed E-state index contributed by atoms with van der Waals surface area (Å²) in [6.45, 7) is 3.98. The topological polar surface area (TPSA) is 98.7 Å². The average molecular weight is 344 g/mol. The Morgan fingerprint density at radius 2 is 2.33 bits per heavy atom. The fraction of sp³-hybridized carbons (Fsp3) is 0.375. The van der Waals surface area contributed by atoms with E-state index in [2.05, 4.69) is 27.3 Å². The molecule has 1 aliphatic heterocycles. The quantitative estimate of drug-likeness (QED) is 0.616. The molecule has 0 fully saturated rings. The zero-order chi connectivity index (χ0) is 17.1. The zero-order valence-electron chi connectivity index (χ0n) is 13.7. The number of unbranched alkanes of at least 4 members (excludes halogenated alkanes) is 1. The van der Waals surface area contributed by atoms with Crippen molar-refractivity contribution >= 4 is 23.6 Å². The van der Waals surface area contributed by atoms with Crippen molar-refractivity contribution in [3.8, 4) is 0 Å². The van der Waals surface area contributed by atoms with Crippen LogP contribution in [0.3, 0.4) is 0 Å². The van der Waals surface area contributed by atoms with E-state index in [1.165, 1.54) is 0 Å². The third-order valence-corrected chi connectivity index (χ3v) is 4.75. The second kappa shape index (κ2) is 7.04. The molecule has 0 bridgehead atoms. The molecule has 24 heavy (non-hydrogen) atoms. The van der Waals surface area contributed by atoms with Crippen LogP contribution in [0, 0.1) is 0 Å². The number of nitrogens with zero attached hydrogens (tertiary/aromatic N) is 4. The molecule has 2 aromatic heterocycles. The number of carbonyl (C=O) groups is 1. The highest BCUT2D eigenvalue weighted by Gasteiger charge is 2.33. The number of anilines is 1. The Hall–Kier alpha value is -2.35. The molecule has 0 spiro atoms. The number of hydrogen-bond acceptors (Lipinski definition) is 6. The van der Waals surface area contributed by atoms with E-state index in [0.29, 0.717) is 22.4 Å². The number of pyridine rings is 1. The summed E-state index contributed by atoms with van der Waals surface area (Å²) in [5, 5.41) is 8.41. The first-order valence-electron chi connectivity index (χ1n) is 7.88. The van der Waals surface area contributed by atoms with Gasteiger partial charge < -0.3 is 11.1 Å². The van der Waals surface area contributed by atoms with Gasteiger partial charge in [-0.15, -0.1) is 5.10 Å². The van der Waals surface area contributed by atoms with E-state index >= 15 is 0 Å². The van der Waals surface area contributed by atoms with E-state index in [1.54, 1.807) is 28.8 Å². The van der Waals surface area contributed by atoms with Crippen LogP contribution in [0.15, 0.2) is 41.0 Å². The SMILES string of the molecule is CCCCSc1nc2n(n1)[C@H](c1cccnc1)C(C(N)=O)=C(C)N2. The Balaban J connectivity index is 2.02. The number of hydrogen-bond donors (Lipinski definition) is 2. The molecule has 3 heterocycles. The zero-order valence-corrected chi connectivity index (χ0v) is 14.5. The summed E-state index contributed by atoms with van der Waals surface area (Å²) >= 11 is 1.61.